The van der Waals surface area contributed by atoms with Crippen LogP contribution in [-0.2, 0) is 0 Å². The molecule has 0 atom stereocenters. The average Bonchev–Trinajstić information content (AvgIpc) is 3.44. The van der Waals surface area contributed by atoms with Crippen LogP contribution in [0.3, 0.4) is 0 Å². The normalized spacial score (nSPS) is 18.0. The molecule has 2 aromatic rings. The molecular weight excluding hydrogens is 408 g/mol. The summed E-state index contributed by atoms with van der Waals surface area (Å²) in [6.45, 7) is 1.34. The zero-order valence-corrected chi connectivity index (χ0v) is 17.8. The molecule has 29 heavy (non-hydrogen) atoms. The summed E-state index contributed by atoms with van der Waals surface area (Å²) in [6.07, 6.45) is 5.99. The second kappa shape index (κ2) is 9.18. The minimum atomic E-state index is -0.0780. The van der Waals surface area contributed by atoms with E-state index in [-0.39, 0.29) is 24.0 Å². The molecule has 1 N–H and O–H groups in total. The molecule has 2 aliphatic rings. The van der Waals surface area contributed by atoms with Crippen LogP contribution in [0.2, 0.25) is 5.02 Å². The van der Waals surface area contributed by atoms with E-state index >= 15 is 0 Å². The van der Waals surface area contributed by atoms with Gasteiger partial charge in [0.15, 0.2) is 0 Å². The fraction of sp³-hybridized carbons (Fsp3) is 0.455. The van der Waals surface area contributed by atoms with Gasteiger partial charge in [-0.25, -0.2) is 0 Å². The Morgan fingerprint density at radius 3 is 2.52 bits per heavy atom. The van der Waals surface area contributed by atoms with Crippen LogP contribution >= 0.6 is 22.9 Å². The summed E-state index contributed by atoms with van der Waals surface area (Å²) in [7, 11) is 0. The second-order valence-electron chi connectivity index (χ2n) is 7.69. The van der Waals surface area contributed by atoms with E-state index in [1.54, 1.807) is 18.2 Å². The highest BCUT2D eigenvalue weighted by atomic mass is 35.5. The van der Waals surface area contributed by atoms with Crippen molar-refractivity contribution in [1.82, 2.24) is 10.2 Å². The molecule has 0 radical (unpaired) electrons. The Kier molecular flexibility index (Phi) is 6.40. The summed E-state index contributed by atoms with van der Waals surface area (Å²) in [5.74, 6) is 0.604. The number of hydrogen-bond donors (Lipinski definition) is 1. The Balaban J connectivity index is 1.30. The topological polar surface area (TPSA) is 58.6 Å². The van der Waals surface area contributed by atoms with Crippen LogP contribution in [0.1, 0.15) is 58.6 Å². The van der Waals surface area contributed by atoms with Gasteiger partial charge >= 0.3 is 0 Å². The van der Waals surface area contributed by atoms with Gasteiger partial charge in [0.05, 0.1) is 9.90 Å². The van der Waals surface area contributed by atoms with E-state index in [0.29, 0.717) is 29.4 Å². The number of thiophene rings is 1. The van der Waals surface area contributed by atoms with Gasteiger partial charge in [-0.2, -0.15) is 0 Å². The number of ether oxygens (including phenoxy) is 1. The highest BCUT2D eigenvalue weighted by Gasteiger charge is 2.26. The van der Waals surface area contributed by atoms with Gasteiger partial charge in [-0.1, -0.05) is 30.5 Å². The largest absolute Gasteiger partial charge is 0.489 e. The van der Waals surface area contributed by atoms with Crippen LogP contribution < -0.4 is 10.1 Å². The molecule has 1 aromatic carbocycles. The molecule has 0 bridgehead atoms. The van der Waals surface area contributed by atoms with Crippen LogP contribution in [0.5, 0.6) is 5.75 Å². The maximum absolute atomic E-state index is 12.4. The number of amides is 2. The van der Waals surface area contributed by atoms with E-state index in [1.807, 2.05) is 22.4 Å². The molecule has 4 rings (SSSR count). The molecule has 1 aliphatic heterocycles. The van der Waals surface area contributed by atoms with Gasteiger partial charge in [0.2, 0.25) is 0 Å². The minimum absolute atomic E-state index is 0.0121. The molecule has 1 saturated heterocycles. The van der Waals surface area contributed by atoms with E-state index in [9.17, 15) is 9.59 Å². The molecule has 1 aromatic heterocycles. The van der Waals surface area contributed by atoms with Gasteiger partial charge in [0.1, 0.15) is 11.9 Å². The third kappa shape index (κ3) is 4.93. The maximum atomic E-state index is 12.4. The van der Waals surface area contributed by atoms with Crippen LogP contribution in [0.15, 0.2) is 35.7 Å². The molecule has 0 spiro atoms. The molecule has 2 fully saturated rings. The number of carbonyl (C=O) groups is 2. The minimum Gasteiger partial charge on any atom is -0.489 e. The average molecular weight is 433 g/mol. The lowest BCUT2D eigenvalue weighted by atomic mass is 10.1. The summed E-state index contributed by atoms with van der Waals surface area (Å²) in [6, 6.07) is 9.25. The fourth-order valence-electron chi connectivity index (χ4n) is 3.99. The summed E-state index contributed by atoms with van der Waals surface area (Å²) >= 11 is 7.86. The standard InChI is InChI=1S/C22H25ClN2O3S/c23-18-14-15(21(26)24-16-4-1-2-5-16)7-8-19(18)28-17-9-11-25(12-10-17)22(27)20-6-3-13-29-20/h3,6-8,13-14,16-17H,1-2,4-5,9-12H2,(H,24,26). The van der Waals surface area contributed by atoms with Gasteiger partial charge in [-0.15, -0.1) is 11.3 Å². The molecule has 0 unspecified atom stereocenters. The van der Waals surface area contributed by atoms with Crippen molar-refractivity contribution in [2.75, 3.05) is 13.1 Å². The molecule has 2 amide bonds. The highest BCUT2D eigenvalue weighted by Crippen LogP contribution is 2.29. The lowest BCUT2D eigenvalue weighted by molar-refractivity contribution is 0.0600. The Bertz CT molecular complexity index is 857. The van der Waals surface area contributed by atoms with Crippen molar-refractivity contribution in [1.29, 1.82) is 0 Å². The fourth-order valence-corrected chi connectivity index (χ4v) is 4.90. The van der Waals surface area contributed by atoms with Crippen molar-refractivity contribution < 1.29 is 14.3 Å². The third-order valence-electron chi connectivity index (χ3n) is 5.64. The van der Waals surface area contributed by atoms with E-state index in [1.165, 1.54) is 24.2 Å². The Hall–Kier alpha value is -2.05. The number of halogens is 1. The van der Waals surface area contributed by atoms with Gasteiger partial charge in [0, 0.05) is 37.5 Å². The van der Waals surface area contributed by atoms with Crippen molar-refractivity contribution in [3.8, 4) is 5.75 Å². The molecule has 2 heterocycles. The number of nitrogens with zero attached hydrogens (tertiary/aromatic N) is 1. The van der Waals surface area contributed by atoms with Gasteiger partial charge in [-0.3, -0.25) is 9.59 Å². The molecule has 7 heteroatoms. The number of hydrogen-bond acceptors (Lipinski definition) is 4. The maximum Gasteiger partial charge on any atom is 0.263 e. The first-order chi connectivity index (χ1) is 14.1. The molecule has 5 nitrogen and oxygen atoms in total. The quantitative estimate of drug-likeness (QED) is 0.741. The predicted octanol–water partition coefficient (Wildman–Crippen LogP) is 4.76. The first kappa shape index (κ1) is 20.2. The summed E-state index contributed by atoms with van der Waals surface area (Å²) < 4.78 is 6.07. The van der Waals surface area contributed by atoms with E-state index in [2.05, 4.69) is 5.32 Å². The third-order valence-corrected chi connectivity index (χ3v) is 6.79. The predicted molar refractivity (Wildman–Crippen MR) is 115 cm³/mol. The Labute approximate surface area is 180 Å². The van der Waals surface area contributed by atoms with Crippen LogP contribution in [0, 0.1) is 0 Å². The Morgan fingerprint density at radius 1 is 1.10 bits per heavy atom. The number of benzene rings is 1. The first-order valence-corrected chi connectivity index (χ1v) is 11.5. The number of carbonyl (C=O) groups excluding carboxylic acids is 2. The summed E-state index contributed by atoms with van der Waals surface area (Å²) in [5.41, 5.74) is 0.561. The van der Waals surface area contributed by atoms with E-state index < -0.39 is 0 Å². The lowest BCUT2D eigenvalue weighted by Gasteiger charge is -2.32. The zero-order valence-electron chi connectivity index (χ0n) is 16.2. The zero-order chi connectivity index (χ0) is 20.2. The van der Waals surface area contributed by atoms with Crippen molar-refractivity contribution in [3.05, 3.63) is 51.2 Å². The number of piperidine rings is 1. The van der Waals surface area contributed by atoms with Crippen molar-refractivity contribution >= 4 is 34.8 Å². The molecule has 1 saturated carbocycles. The number of nitrogens with one attached hydrogen (secondary N) is 1. The highest BCUT2D eigenvalue weighted by molar-refractivity contribution is 7.12. The van der Waals surface area contributed by atoms with Gasteiger partial charge < -0.3 is 15.0 Å². The monoisotopic (exact) mass is 432 g/mol. The number of rotatable bonds is 5. The lowest BCUT2D eigenvalue weighted by Crippen LogP contribution is -2.41. The molecular formula is C22H25ClN2O3S. The SMILES string of the molecule is O=C(NC1CCCC1)c1ccc(OC2CCN(C(=O)c3cccs3)CC2)c(Cl)c1. The second-order valence-corrected chi connectivity index (χ2v) is 9.04. The van der Waals surface area contributed by atoms with E-state index in [0.717, 1.165) is 30.6 Å². The first-order valence-electron chi connectivity index (χ1n) is 10.2. The van der Waals surface area contributed by atoms with Crippen LogP contribution in [0.4, 0.5) is 0 Å². The smallest absolute Gasteiger partial charge is 0.263 e. The van der Waals surface area contributed by atoms with Crippen molar-refractivity contribution in [2.24, 2.45) is 0 Å². The number of likely N-dealkylation sites (tertiary alicyclic amines) is 1. The summed E-state index contributed by atoms with van der Waals surface area (Å²) in [5, 5.41) is 5.44. The van der Waals surface area contributed by atoms with Gasteiger partial charge in [-0.05, 0) is 42.5 Å². The summed E-state index contributed by atoms with van der Waals surface area (Å²) in [4.78, 5) is 27.5. The molecule has 154 valence electrons. The van der Waals surface area contributed by atoms with Crippen molar-refractivity contribution in [3.63, 3.8) is 0 Å². The molecule has 1 aliphatic carbocycles. The van der Waals surface area contributed by atoms with Crippen LogP contribution in [-0.4, -0.2) is 41.9 Å². The van der Waals surface area contributed by atoms with Crippen molar-refractivity contribution in [2.45, 2.75) is 50.7 Å². The van der Waals surface area contributed by atoms with E-state index in [4.69, 9.17) is 16.3 Å². The van der Waals surface area contributed by atoms with Crippen LogP contribution in [0.25, 0.3) is 0 Å². The van der Waals surface area contributed by atoms with Gasteiger partial charge in [0.25, 0.3) is 11.8 Å². The Morgan fingerprint density at radius 2 is 1.86 bits per heavy atom.